The van der Waals surface area contributed by atoms with E-state index in [1.807, 2.05) is 65.8 Å². The predicted octanol–water partition coefficient (Wildman–Crippen LogP) is 3.49. The first-order chi connectivity index (χ1) is 20.9. The number of benzene rings is 1. The van der Waals surface area contributed by atoms with Gasteiger partial charge in [-0.1, -0.05) is 46.8 Å². The van der Waals surface area contributed by atoms with E-state index >= 15 is 0 Å². The number of para-hydroxylation sites is 1. The molecule has 3 fully saturated rings. The van der Waals surface area contributed by atoms with Crippen molar-refractivity contribution in [3.8, 4) is 0 Å². The topological polar surface area (TPSA) is 150 Å². The third-order valence-electron chi connectivity index (χ3n) is 9.46. The summed E-state index contributed by atoms with van der Waals surface area (Å²) in [6.45, 7) is 16.3. The van der Waals surface area contributed by atoms with Gasteiger partial charge in [0.1, 0.15) is 12.1 Å². The van der Waals surface area contributed by atoms with Crippen molar-refractivity contribution < 1.29 is 24.0 Å². The second-order valence-electron chi connectivity index (χ2n) is 15.5. The van der Waals surface area contributed by atoms with Crippen LogP contribution in [0.5, 0.6) is 0 Å². The smallest absolute Gasteiger partial charge is 0.315 e. The Morgan fingerprint density at radius 3 is 2.38 bits per heavy atom. The Labute approximate surface area is 268 Å². The molecule has 244 valence electrons. The van der Waals surface area contributed by atoms with Crippen LogP contribution < -0.4 is 21.3 Å². The lowest BCUT2D eigenvalue weighted by Crippen LogP contribution is -2.62. The van der Waals surface area contributed by atoms with E-state index in [9.17, 15) is 24.0 Å². The van der Waals surface area contributed by atoms with E-state index in [1.54, 1.807) is 4.90 Å². The molecule has 4 N–H and O–H groups in total. The van der Waals surface area contributed by atoms with Gasteiger partial charge >= 0.3 is 6.03 Å². The lowest BCUT2D eigenvalue weighted by molar-refractivity contribution is -0.143. The SMILES string of the molecule is CC(C)(C)NC(=O)N[C@H](C(=O)N1C[C@H]2[C@@H]([C@H]1C(=O)N[C@@H](C[C@@H]1CCNC1=O)C(=O)c1nc3ccccc3s1)C2(C)C)C(C)(C)C. The lowest BCUT2D eigenvalue weighted by atomic mass is 9.85. The van der Waals surface area contributed by atoms with Gasteiger partial charge in [-0.25, -0.2) is 9.78 Å². The summed E-state index contributed by atoms with van der Waals surface area (Å²) in [5, 5.41) is 11.8. The zero-order valence-electron chi connectivity index (χ0n) is 27.4. The number of likely N-dealkylation sites (tertiary alicyclic amines) is 1. The fraction of sp³-hybridized carbons (Fsp3) is 0.636. The van der Waals surface area contributed by atoms with Crippen molar-refractivity contribution in [1.82, 2.24) is 31.2 Å². The first-order valence-electron chi connectivity index (χ1n) is 15.8. The van der Waals surface area contributed by atoms with Crippen molar-refractivity contribution in [2.45, 2.75) is 91.9 Å². The number of thiazole rings is 1. The molecule has 2 aromatic rings. The number of hydrogen-bond acceptors (Lipinski definition) is 7. The molecule has 0 bridgehead atoms. The zero-order valence-corrected chi connectivity index (χ0v) is 28.3. The van der Waals surface area contributed by atoms with Gasteiger partial charge in [0.2, 0.25) is 23.5 Å². The number of rotatable bonds is 8. The van der Waals surface area contributed by atoms with E-state index in [1.165, 1.54) is 11.3 Å². The van der Waals surface area contributed by atoms with Crippen LogP contribution in [0.25, 0.3) is 10.2 Å². The summed E-state index contributed by atoms with van der Waals surface area (Å²) in [5.41, 5.74) is -0.610. The van der Waals surface area contributed by atoms with Gasteiger partial charge in [0, 0.05) is 24.5 Å². The van der Waals surface area contributed by atoms with Crippen molar-refractivity contribution in [3.05, 3.63) is 29.3 Å². The molecule has 45 heavy (non-hydrogen) atoms. The number of urea groups is 1. The second-order valence-corrected chi connectivity index (χ2v) is 16.5. The summed E-state index contributed by atoms with van der Waals surface area (Å²) >= 11 is 1.26. The van der Waals surface area contributed by atoms with Crippen LogP contribution in [-0.2, 0) is 14.4 Å². The van der Waals surface area contributed by atoms with Crippen molar-refractivity contribution in [1.29, 1.82) is 0 Å². The van der Waals surface area contributed by atoms with E-state index in [2.05, 4.69) is 40.1 Å². The van der Waals surface area contributed by atoms with Crippen LogP contribution in [0, 0.1) is 28.6 Å². The van der Waals surface area contributed by atoms with Gasteiger partial charge in [-0.2, -0.15) is 0 Å². The number of carbonyl (C=O) groups excluding carboxylic acids is 5. The van der Waals surface area contributed by atoms with Gasteiger partial charge in [0.25, 0.3) is 0 Å². The molecule has 1 aromatic carbocycles. The monoisotopic (exact) mass is 638 g/mol. The third-order valence-corrected chi connectivity index (χ3v) is 10.5. The fourth-order valence-electron chi connectivity index (χ4n) is 6.91. The molecule has 1 aromatic heterocycles. The number of nitrogens with zero attached hydrogens (tertiary/aromatic N) is 2. The van der Waals surface area contributed by atoms with Crippen molar-refractivity contribution in [2.75, 3.05) is 13.1 Å². The maximum atomic E-state index is 14.3. The molecule has 2 saturated heterocycles. The Hall–Kier alpha value is -3.54. The fourth-order valence-corrected chi connectivity index (χ4v) is 7.87. The number of Topliss-reactive ketones (excluding diaryl/α,β-unsaturated/α-hetero) is 1. The highest BCUT2D eigenvalue weighted by molar-refractivity contribution is 7.20. The Morgan fingerprint density at radius 1 is 1.09 bits per heavy atom. The molecular weight excluding hydrogens is 592 g/mol. The van der Waals surface area contributed by atoms with Gasteiger partial charge in [0.05, 0.1) is 16.3 Å². The molecule has 5 rings (SSSR count). The Bertz CT molecular complexity index is 1490. The van der Waals surface area contributed by atoms with Crippen molar-refractivity contribution >= 4 is 51.1 Å². The first-order valence-corrected chi connectivity index (χ1v) is 16.6. The number of fused-ring (bicyclic) bond motifs is 2. The summed E-state index contributed by atoms with van der Waals surface area (Å²) in [6, 6.07) is 4.29. The standard InChI is InChI=1S/C33H46N6O5S/c1-31(2,3)25(37-30(44)38-32(4,5)6)29(43)39-16-18-22(33(18,7)8)23(39)27(42)35-20(15-17-13-14-34-26(17)41)24(40)28-36-19-11-9-10-12-21(19)45-28/h9-12,17-18,20,22-23,25H,13-16H2,1-8H3,(H,34,41)(H,35,42)(H2,37,38,44)/t17-,18-,20-,22-,23-,25+/m0/s1. The minimum absolute atomic E-state index is 0.0987. The first kappa shape index (κ1) is 32.8. The molecular formula is C33H46N6O5S. The van der Waals surface area contributed by atoms with Gasteiger partial charge in [-0.3, -0.25) is 19.2 Å². The van der Waals surface area contributed by atoms with E-state index < -0.39 is 46.9 Å². The van der Waals surface area contributed by atoms with Crippen LogP contribution in [0.15, 0.2) is 24.3 Å². The number of ketones is 1. The number of carbonyl (C=O) groups is 5. The molecule has 6 atom stereocenters. The highest BCUT2D eigenvalue weighted by atomic mass is 32.1. The number of aromatic nitrogens is 1. The lowest BCUT2D eigenvalue weighted by Gasteiger charge is -2.38. The van der Waals surface area contributed by atoms with Gasteiger partial charge in [-0.15, -0.1) is 11.3 Å². The average Bonchev–Trinajstić information content (AvgIpc) is 3.44. The van der Waals surface area contributed by atoms with E-state index in [0.717, 1.165) is 4.70 Å². The van der Waals surface area contributed by atoms with Crippen LogP contribution in [0.2, 0.25) is 0 Å². The largest absolute Gasteiger partial charge is 0.356 e. The molecule has 3 aliphatic rings. The molecule has 2 aliphatic heterocycles. The van der Waals surface area contributed by atoms with E-state index in [0.29, 0.717) is 25.0 Å². The minimum Gasteiger partial charge on any atom is -0.356 e. The molecule has 1 saturated carbocycles. The van der Waals surface area contributed by atoms with Gasteiger partial charge in [-0.05, 0) is 68.4 Å². The van der Waals surface area contributed by atoms with Crippen LogP contribution in [0.1, 0.15) is 78.0 Å². The van der Waals surface area contributed by atoms with Crippen LogP contribution in [0.4, 0.5) is 4.79 Å². The number of hydrogen-bond donors (Lipinski definition) is 4. The molecule has 3 heterocycles. The highest BCUT2D eigenvalue weighted by Gasteiger charge is 2.70. The molecule has 12 heteroatoms. The zero-order chi connectivity index (χ0) is 33.1. The molecule has 11 nitrogen and oxygen atoms in total. The molecule has 0 radical (unpaired) electrons. The Morgan fingerprint density at radius 2 is 1.78 bits per heavy atom. The van der Waals surface area contributed by atoms with E-state index in [4.69, 9.17) is 0 Å². The summed E-state index contributed by atoms with van der Waals surface area (Å²) in [4.78, 5) is 74.0. The number of nitrogens with one attached hydrogen (secondary N) is 4. The normalized spacial score (nSPS) is 25.2. The van der Waals surface area contributed by atoms with Crippen LogP contribution in [0.3, 0.4) is 0 Å². The van der Waals surface area contributed by atoms with Crippen LogP contribution >= 0.6 is 11.3 Å². The van der Waals surface area contributed by atoms with Crippen molar-refractivity contribution in [3.63, 3.8) is 0 Å². The number of piperidine rings is 1. The Balaban J connectivity index is 1.42. The van der Waals surface area contributed by atoms with Crippen LogP contribution in [-0.4, -0.2) is 76.2 Å². The summed E-state index contributed by atoms with van der Waals surface area (Å²) in [7, 11) is 0. The van der Waals surface area contributed by atoms with E-state index in [-0.39, 0.29) is 46.3 Å². The average molecular weight is 639 g/mol. The molecule has 0 spiro atoms. The maximum Gasteiger partial charge on any atom is 0.315 e. The third kappa shape index (κ3) is 6.71. The maximum absolute atomic E-state index is 14.3. The molecule has 0 unspecified atom stereocenters. The number of amides is 5. The molecule has 1 aliphatic carbocycles. The summed E-state index contributed by atoms with van der Waals surface area (Å²) in [5.74, 6) is -1.65. The van der Waals surface area contributed by atoms with Gasteiger partial charge < -0.3 is 26.2 Å². The summed E-state index contributed by atoms with van der Waals surface area (Å²) < 4.78 is 0.857. The molecule has 5 amide bonds. The highest BCUT2D eigenvalue weighted by Crippen LogP contribution is 2.65. The quantitative estimate of drug-likeness (QED) is 0.325. The summed E-state index contributed by atoms with van der Waals surface area (Å²) in [6.07, 6.45) is 0.712. The minimum atomic E-state index is -0.987. The second kappa shape index (κ2) is 11.7. The predicted molar refractivity (Wildman–Crippen MR) is 173 cm³/mol. The van der Waals surface area contributed by atoms with Gasteiger partial charge in [0.15, 0.2) is 5.01 Å². The van der Waals surface area contributed by atoms with Crippen molar-refractivity contribution in [2.24, 2.45) is 28.6 Å². The Kier molecular flexibility index (Phi) is 8.52.